The Morgan fingerprint density at radius 2 is 2.40 bits per heavy atom. The largest absolute Gasteiger partial charge is 0.374 e. The first-order valence-electron chi connectivity index (χ1n) is 4.32. The summed E-state index contributed by atoms with van der Waals surface area (Å²) in [5.41, 5.74) is 0. The topological polar surface area (TPSA) is 56.1 Å². The third kappa shape index (κ3) is 4.50. The zero-order valence-corrected chi connectivity index (χ0v) is 7.90. The molecule has 0 unspecified atom stereocenters. The van der Waals surface area contributed by atoms with Gasteiger partial charge in [-0.15, -0.1) is 0 Å². The number of halogens is 2. The summed E-state index contributed by atoms with van der Waals surface area (Å²) >= 11 is 0. The van der Waals surface area contributed by atoms with E-state index in [0.717, 1.165) is 0 Å². The van der Waals surface area contributed by atoms with Crippen LogP contribution in [0.1, 0.15) is 0 Å². The third-order valence-corrected chi connectivity index (χ3v) is 1.51. The lowest BCUT2D eigenvalue weighted by molar-refractivity contribution is 0.0193. The maximum atomic E-state index is 11.6. The molecular formula is C8H11F2N3O2. The van der Waals surface area contributed by atoms with Crippen LogP contribution in [0.15, 0.2) is 18.7 Å². The summed E-state index contributed by atoms with van der Waals surface area (Å²) in [4.78, 5) is 14.9. The Bertz CT molecular complexity index is 290. The minimum atomic E-state index is -2.48. The SMILES string of the molecule is O=C(NCCOCC(F)F)n1ccnc1. The summed E-state index contributed by atoms with van der Waals surface area (Å²) in [6, 6.07) is -0.367. The number of nitrogens with one attached hydrogen (secondary N) is 1. The fraction of sp³-hybridized carbons (Fsp3) is 0.500. The second-order valence-corrected chi connectivity index (χ2v) is 2.67. The van der Waals surface area contributed by atoms with Crippen LogP contribution in [0.5, 0.6) is 0 Å². The number of nitrogens with zero attached hydrogens (tertiary/aromatic N) is 2. The molecule has 1 amide bonds. The van der Waals surface area contributed by atoms with Crippen LogP contribution in [-0.2, 0) is 4.74 Å². The molecule has 5 nitrogen and oxygen atoms in total. The normalized spacial score (nSPS) is 10.6. The maximum Gasteiger partial charge on any atom is 0.326 e. The lowest BCUT2D eigenvalue weighted by Gasteiger charge is -2.05. The van der Waals surface area contributed by atoms with Crippen molar-refractivity contribution in [3.63, 3.8) is 0 Å². The molecule has 0 aromatic carbocycles. The number of imidazole rings is 1. The van der Waals surface area contributed by atoms with E-state index in [2.05, 4.69) is 15.0 Å². The van der Waals surface area contributed by atoms with Gasteiger partial charge < -0.3 is 10.1 Å². The summed E-state index contributed by atoms with van der Waals surface area (Å²) in [7, 11) is 0. The molecule has 0 atom stereocenters. The summed E-state index contributed by atoms with van der Waals surface area (Å²) in [5.74, 6) is 0. The first-order valence-corrected chi connectivity index (χ1v) is 4.32. The van der Waals surface area contributed by atoms with Gasteiger partial charge >= 0.3 is 6.03 Å². The van der Waals surface area contributed by atoms with E-state index in [1.807, 2.05) is 0 Å². The van der Waals surface area contributed by atoms with Crippen molar-refractivity contribution in [2.45, 2.75) is 6.43 Å². The number of alkyl halides is 2. The Kier molecular flexibility index (Phi) is 4.69. The van der Waals surface area contributed by atoms with Crippen LogP contribution in [0.3, 0.4) is 0 Å². The molecule has 0 saturated carbocycles. The highest BCUT2D eigenvalue weighted by Gasteiger charge is 2.03. The number of rotatable bonds is 5. The monoisotopic (exact) mass is 219 g/mol. The summed E-state index contributed by atoms with van der Waals surface area (Å²) in [6.45, 7) is -0.366. The van der Waals surface area contributed by atoms with Crippen molar-refractivity contribution >= 4 is 6.03 Å². The van der Waals surface area contributed by atoms with Crippen LogP contribution in [0, 0.1) is 0 Å². The lowest BCUT2D eigenvalue weighted by atomic mass is 10.6. The van der Waals surface area contributed by atoms with Gasteiger partial charge in [-0.3, -0.25) is 4.57 Å². The third-order valence-electron chi connectivity index (χ3n) is 1.51. The van der Waals surface area contributed by atoms with E-state index in [1.54, 1.807) is 0 Å². The quantitative estimate of drug-likeness (QED) is 0.742. The van der Waals surface area contributed by atoms with Gasteiger partial charge in [0.25, 0.3) is 6.43 Å². The first kappa shape index (κ1) is 11.6. The molecule has 0 aliphatic heterocycles. The van der Waals surface area contributed by atoms with Crippen molar-refractivity contribution in [3.05, 3.63) is 18.7 Å². The molecular weight excluding hydrogens is 208 g/mol. The highest BCUT2D eigenvalue weighted by atomic mass is 19.3. The average Bonchev–Trinajstić information content (AvgIpc) is 2.69. The summed E-state index contributed by atoms with van der Waals surface area (Å²) in [6.07, 6.45) is 1.81. The van der Waals surface area contributed by atoms with Gasteiger partial charge in [0.2, 0.25) is 0 Å². The van der Waals surface area contributed by atoms with Crippen molar-refractivity contribution in [2.75, 3.05) is 19.8 Å². The van der Waals surface area contributed by atoms with Gasteiger partial charge in [0.1, 0.15) is 12.9 Å². The standard InChI is InChI=1S/C8H11F2N3O2/c9-7(10)5-15-4-2-12-8(14)13-3-1-11-6-13/h1,3,6-7H,2,4-5H2,(H,12,14). The van der Waals surface area contributed by atoms with Crippen molar-refractivity contribution < 1.29 is 18.3 Å². The number of amides is 1. The zero-order valence-electron chi connectivity index (χ0n) is 7.90. The number of carbonyl (C=O) groups excluding carboxylic acids is 1. The molecule has 0 saturated heterocycles. The number of ether oxygens (including phenoxy) is 1. The average molecular weight is 219 g/mol. The number of carbonyl (C=O) groups is 1. The number of aromatic nitrogens is 2. The lowest BCUT2D eigenvalue weighted by Crippen LogP contribution is -2.31. The Labute approximate surface area is 85.1 Å². The van der Waals surface area contributed by atoms with E-state index in [4.69, 9.17) is 0 Å². The maximum absolute atomic E-state index is 11.6. The molecule has 0 bridgehead atoms. The fourth-order valence-electron chi connectivity index (χ4n) is 0.873. The van der Waals surface area contributed by atoms with Crippen molar-refractivity contribution in [1.29, 1.82) is 0 Å². The van der Waals surface area contributed by atoms with Gasteiger partial charge in [-0.1, -0.05) is 0 Å². The van der Waals surface area contributed by atoms with E-state index in [1.165, 1.54) is 23.3 Å². The molecule has 1 aromatic rings. The van der Waals surface area contributed by atoms with Crippen LogP contribution in [0.2, 0.25) is 0 Å². The molecule has 0 fully saturated rings. The molecule has 0 aliphatic rings. The highest BCUT2D eigenvalue weighted by molar-refractivity contribution is 5.76. The highest BCUT2D eigenvalue weighted by Crippen LogP contribution is 1.91. The van der Waals surface area contributed by atoms with Crippen LogP contribution < -0.4 is 5.32 Å². The van der Waals surface area contributed by atoms with Gasteiger partial charge in [0, 0.05) is 18.9 Å². The van der Waals surface area contributed by atoms with Crippen molar-refractivity contribution in [1.82, 2.24) is 14.9 Å². The van der Waals surface area contributed by atoms with E-state index in [9.17, 15) is 13.6 Å². The summed E-state index contributed by atoms with van der Waals surface area (Å²) < 4.78 is 29.1. The van der Waals surface area contributed by atoms with Gasteiger partial charge in [0.05, 0.1) is 6.61 Å². The number of hydrogen-bond donors (Lipinski definition) is 1. The van der Waals surface area contributed by atoms with Crippen molar-refractivity contribution in [3.8, 4) is 0 Å². The molecule has 84 valence electrons. The van der Waals surface area contributed by atoms with E-state index in [-0.39, 0.29) is 19.2 Å². The molecule has 0 spiro atoms. The molecule has 0 aliphatic carbocycles. The van der Waals surface area contributed by atoms with Crippen LogP contribution in [0.25, 0.3) is 0 Å². The molecule has 7 heteroatoms. The minimum Gasteiger partial charge on any atom is -0.374 e. The Balaban J connectivity index is 2.08. The smallest absolute Gasteiger partial charge is 0.326 e. The van der Waals surface area contributed by atoms with E-state index >= 15 is 0 Å². The Morgan fingerprint density at radius 1 is 1.60 bits per heavy atom. The predicted molar refractivity (Wildman–Crippen MR) is 47.8 cm³/mol. The summed E-state index contributed by atoms with van der Waals surface area (Å²) in [5, 5.41) is 2.47. The minimum absolute atomic E-state index is 0.0603. The van der Waals surface area contributed by atoms with Gasteiger partial charge in [-0.2, -0.15) is 0 Å². The molecule has 15 heavy (non-hydrogen) atoms. The second-order valence-electron chi connectivity index (χ2n) is 2.67. The van der Waals surface area contributed by atoms with Crippen LogP contribution in [0.4, 0.5) is 13.6 Å². The molecule has 1 N–H and O–H groups in total. The molecule has 1 heterocycles. The second kappa shape index (κ2) is 6.07. The van der Waals surface area contributed by atoms with Gasteiger partial charge in [-0.05, 0) is 0 Å². The Morgan fingerprint density at radius 3 is 3.00 bits per heavy atom. The van der Waals surface area contributed by atoms with E-state index < -0.39 is 13.0 Å². The zero-order chi connectivity index (χ0) is 11.1. The molecule has 1 rings (SSSR count). The predicted octanol–water partition coefficient (Wildman–Crippen LogP) is 0.722. The van der Waals surface area contributed by atoms with Crippen molar-refractivity contribution in [2.24, 2.45) is 0 Å². The van der Waals surface area contributed by atoms with Gasteiger partial charge in [-0.25, -0.2) is 18.6 Å². The van der Waals surface area contributed by atoms with Gasteiger partial charge in [0.15, 0.2) is 0 Å². The number of hydrogen-bond acceptors (Lipinski definition) is 3. The Hall–Kier alpha value is -1.50. The van der Waals surface area contributed by atoms with Crippen LogP contribution >= 0.6 is 0 Å². The molecule has 1 aromatic heterocycles. The molecule has 0 radical (unpaired) electrons. The first-order chi connectivity index (χ1) is 7.20. The van der Waals surface area contributed by atoms with Crippen LogP contribution in [-0.4, -0.2) is 41.8 Å². The fourth-order valence-corrected chi connectivity index (χ4v) is 0.873. The van der Waals surface area contributed by atoms with E-state index in [0.29, 0.717) is 0 Å².